The van der Waals surface area contributed by atoms with Crippen molar-refractivity contribution in [3.8, 4) is 0 Å². The molecule has 2 aliphatic rings. The number of carbonyl (C=O) groups excluding carboxylic acids is 3. The predicted molar refractivity (Wildman–Crippen MR) is 111 cm³/mol. The van der Waals surface area contributed by atoms with Crippen molar-refractivity contribution in [3.63, 3.8) is 0 Å². The Labute approximate surface area is 179 Å². The summed E-state index contributed by atoms with van der Waals surface area (Å²) >= 11 is 9.46. The van der Waals surface area contributed by atoms with Gasteiger partial charge in [0.15, 0.2) is 12.1 Å². The van der Waals surface area contributed by atoms with Gasteiger partial charge in [-0.25, -0.2) is 4.90 Å². The maximum atomic E-state index is 12.9. The summed E-state index contributed by atoms with van der Waals surface area (Å²) in [5.74, 6) is -1.35. The zero-order valence-corrected chi connectivity index (χ0v) is 17.5. The van der Waals surface area contributed by atoms with Crippen molar-refractivity contribution in [2.45, 2.75) is 19.0 Å². The predicted octanol–water partition coefficient (Wildman–Crippen LogP) is 3.34. The summed E-state index contributed by atoms with van der Waals surface area (Å²) in [6.45, 7) is 1.66. The monoisotopic (exact) mass is 475 g/mol. The fraction of sp³-hybridized carbons (Fsp3) is 0.211. The molecule has 3 amide bonds. The number of nitrogens with one attached hydrogen (secondary N) is 1. The lowest BCUT2D eigenvalue weighted by molar-refractivity contribution is -0.123. The van der Waals surface area contributed by atoms with E-state index in [2.05, 4.69) is 31.6 Å². The number of imide groups is 1. The molecule has 0 unspecified atom stereocenters. The Kier molecular flexibility index (Phi) is 5.10. The lowest BCUT2D eigenvalue weighted by Gasteiger charge is -2.20. The SMILES string of the molecule is Cc1ccc(NC(=O)CN2N=N[C@H]3C(=O)N(c4ccc(Br)cc4)C(=O)[C@H]32)c(Cl)c1. The number of fused-ring (bicyclic) bond motifs is 1. The molecule has 0 aliphatic carbocycles. The average molecular weight is 477 g/mol. The fourth-order valence-corrected chi connectivity index (χ4v) is 3.80. The molecule has 2 atom stereocenters. The number of aryl methyl sites for hydroxylation is 1. The van der Waals surface area contributed by atoms with Gasteiger partial charge in [0.25, 0.3) is 11.8 Å². The van der Waals surface area contributed by atoms with Gasteiger partial charge in [-0.1, -0.05) is 38.8 Å². The third-order valence-corrected chi connectivity index (χ3v) is 5.49. The molecule has 2 aromatic rings. The van der Waals surface area contributed by atoms with Gasteiger partial charge in [-0.3, -0.25) is 19.4 Å². The smallest absolute Gasteiger partial charge is 0.263 e. The number of carbonyl (C=O) groups is 3. The molecule has 1 saturated heterocycles. The Bertz CT molecular complexity index is 1040. The van der Waals surface area contributed by atoms with Crippen molar-refractivity contribution >= 4 is 56.6 Å². The van der Waals surface area contributed by atoms with E-state index in [1.165, 1.54) is 5.01 Å². The number of hydrogen-bond donors (Lipinski definition) is 1. The molecular formula is C19H15BrClN5O3. The van der Waals surface area contributed by atoms with Crippen LogP contribution in [0, 0.1) is 6.92 Å². The Hall–Kier alpha value is -2.78. The molecule has 0 bridgehead atoms. The van der Waals surface area contributed by atoms with Crippen LogP contribution in [0.2, 0.25) is 5.02 Å². The van der Waals surface area contributed by atoms with Gasteiger partial charge in [-0.15, -0.1) is 0 Å². The van der Waals surface area contributed by atoms with Crippen LogP contribution in [0.5, 0.6) is 0 Å². The van der Waals surface area contributed by atoms with Gasteiger partial charge in [-0.05, 0) is 48.9 Å². The van der Waals surface area contributed by atoms with Crippen LogP contribution in [0.4, 0.5) is 11.4 Å². The van der Waals surface area contributed by atoms with Crippen molar-refractivity contribution in [1.29, 1.82) is 0 Å². The quantitative estimate of drug-likeness (QED) is 0.685. The normalized spacial score (nSPS) is 20.4. The topological polar surface area (TPSA) is 94.4 Å². The van der Waals surface area contributed by atoms with Crippen molar-refractivity contribution < 1.29 is 14.4 Å². The summed E-state index contributed by atoms with van der Waals surface area (Å²) in [5.41, 5.74) is 1.87. The van der Waals surface area contributed by atoms with E-state index in [-0.39, 0.29) is 6.54 Å². The number of hydrogen-bond acceptors (Lipinski definition) is 6. The Morgan fingerprint density at radius 1 is 1.17 bits per heavy atom. The van der Waals surface area contributed by atoms with E-state index in [0.717, 1.165) is 14.9 Å². The van der Waals surface area contributed by atoms with Crippen molar-refractivity contribution in [2.75, 3.05) is 16.8 Å². The molecule has 1 fully saturated rings. The Morgan fingerprint density at radius 3 is 2.59 bits per heavy atom. The second kappa shape index (κ2) is 7.57. The van der Waals surface area contributed by atoms with Crippen molar-refractivity contribution in [2.24, 2.45) is 10.3 Å². The molecule has 1 N–H and O–H groups in total. The van der Waals surface area contributed by atoms with E-state index in [1.807, 2.05) is 13.0 Å². The molecule has 148 valence electrons. The first-order chi connectivity index (χ1) is 13.8. The highest BCUT2D eigenvalue weighted by Gasteiger charge is 2.55. The van der Waals surface area contributed by atoms with Gasteiger partial charge in [-0.2, -0.15) is 5.11 Å². The zero-order valence-electron chi connectivity index (χ0n) is 15.2. The van der Waals surface area contributed by atoms with Gasteiger partial charge in [0, 0.05) is 4.47 Å². The second-order valence-electron chi connectivity index (χ2n) is 6.71. The summed E-state index contributed by atoms with van der Waals surface area (Å²) in [7, 11) is 0. The maximum Gasteiger partial charge on any atom is 0.263 e. The zero-order chi connectivity index (χ0) is 20.7. The van der Waals surface area contributed by atoms with E-state index in [1.54, 1.807) is 36.4 Å². The molecule has 10 heteroatoms. The molecule has 2 aromatic carbocycles. The summed E-state index contributed by atoms with van der Waals surface area (Å²) in [4.78, 5) is 39.1. The first-order valence-corrected chi connectivity index (χ1v) is 9.89. The number of nitrogens with zero attached hydrogens (tertiary/aromatic N) is 4. The Morgan fingerprint density at radius 2 is 1.90 bits per heavy atom. The van der Waals surface area contributed by atoms with Crippen LogP contribution in [-0.2, 0) is 14.4 Å². The van der Waals surface area contributed by atoms with Crippen LogP contribution < -0.4 is 10.2 Å². The van der Waals surface area contributed by atoms with E-state index in [0.29, 0.717) is 16.4 Å². The minimum atomic E-state index is -0.957. The number of benzene rings is 2. The molecule has 8 nitrogen and oxygen atoms in total. The molecular weight excluding hydrogens is 462 g/mol. The highest BCUT2D eigenvalue weighted by Crippen LogP contribution is 2.32. The summed E-state index contributed by atoms with van der Waals surface area (Å²) in [5, 5.41) is 12.1. The number of amides is 3. The maximum absolute atomic E-state index is 12.9. The first kappa shape index (κ1) is 19.5. The largest absolute Gasteiger partial charge is 0.323 e. The average Bonchev–Trinajstić information content (AvgIpc) is 3.19. The molecule has 0 saturated carbocycles. The van der Waals surface area contributed by atoms with Crippen LogP contribution in [0.3, 0.4) is 0 Å². The van der Waals surface area contributed by atoms with Crippen LogP contribution >= 0.6 is 27.5 Å². The van der Waals surface area contributed by atoms with E-state index in [9.17, 15) is 14.4 Å². The molecule has 2 aliphatic heterocycles. The lowest BCUT2D eigenvalue weighted by Crippen LogP contribution is -2.43. The summed E-state index contributed by atoms with van der Waals surface area (Å²) in [6, 6.07) is 10.2. The van der Waals surface area contributed by atoms with Gasteiger partial charge in [0.2, 0.25) is 5.91 Å². The van der Waals surface area contributed by atoms with E-state index in [4.69, 9.17) is 11.6 Å². The van der Waals surface area contributed by atoms with Gasteiger partial charge >= 0.3 is 0 Å². The number of anilines is 2. The van der Waals surface area contributed by atoms with E-state index < -0.39 is 29.8 Å². The van der Waals surface area contributed by atoms with Gasteiger partial charge < -0.3 is 5.32 Å². The molecule has 4 rings (SSSR count). The highest BCUT2D eigenvalue weighted by atomic mass is 79.9. The lowest BCUT2D eigenvalue weighted by atomic mass is 10.1. The fourth-order valence-electron chi connectivity index (χ4n) is 3.26. The number of halogens is 2. The molecule has 0 aromatic heterocycles. The summed E-state index contributed by atoms with van der Waals surface area (Å²) in [6.07, 6.45) is 0. The molecule has 2 heterocycles. The molecule has 0 spiro atoms. The third-order valence-electron chi connectivity index (χ3n) is 4.65. The van der Waals surface area contributed by atoms with E-state index >= 15 is 0 Å². The minimum Gasteiger partial charge on any atom is -0.323 e. The van der Waals surface area contributed by atoms with Crippen LogP contribution in [0.25, 0.3) is 0 Å². The van der Waals surface area contributed by atoms with Gasteiger partial charge in [0.05, 0.1) is 16.4 Å². The summed E-state index contributed by atoms with van der Waals surface area (Å²) < 4.78 is 0.827. The van der Waals surface area contributed by atoms with Crippen LogP contribution in [-0.4, -0.2) is 41.4 Å². The van der Waals surface area contributed by atoms with Crippen LogP contribution in [0.1, 0.15) is 5.56 Å². The minimum absolute atomic E-state index is 0.234. The van der Waals surface area contributed by atoms with Crippen LogP contribution in [0.15, 0.2) is 57.3 Å². The second-order valence-corrected chi connectivity index (χ2v) is 8.03. The number of rotatable bonds is 4. The van der Waals surface area contributed by atoms with Gasteiger partial charge in [0.1, 0.15) is 6.54 Å². The molecule has 0 radical (unpaired) electrons. The first-order valence-electron chi connectivity index (χ1n) is 8.72. The Balaban J connectivity index is 1.49. The van der Waals surface area contributed by atoms with Crippen molar-refractivity contribution in [3.05, 3.63) is 57.5 Å². The molecule has 29 heavy (non-hydrogen) atoms. The van der Waals surface area contributed by atoms with Crippen molar-refractivity contribution in [1.82, 2.24) is 5.01 Å². The third kappa shape index (κ3) is 3.63. The highest BCUT2D eigenvalue weighted by molar-refractivity contribution is 9.10. The standard InChI is InChI=1S/C19H15BrClN5O3/c1-10-2-7-14(13(21)8-10)22-15(27)9-25-17-16(23-24-25)18(28)26(19(17)29)12-5-3-11(20)4-6-12/h2-8,16-17H,9H2,1H3,(H,22,27)/t16-,17+/m1/s1.